The molecule has 3 aromatic rings. The van der Waals surface area contributed by atoms with Crippen LogP contribution in [0.5, 0.6) is 0 Å². The van der Waals surface area contributed by atoms with Gasteiger partial charge in [0.2, 0.25) is 0 Å². The Bertz CT molecular complexity index is 1560. The first-order valence-electron chi connectivity index (χ1n) is 14.3. The number of sulfone groups is 1. The topological polar surface area (TPSA) is 124 Å². The van der Waals surface area contributed by atoms with Gasteiger partial charge in [-0.2, -0.15) is 5.26 Å². The van der Waals surface area contributed by atoms with E-state index in [9.17, 15) is 28.0 Å². The van der Waals surface area contributed by atoms with Gasteiger partial charge in [0, 0.05) is 37.0 Å². The van der Waals surface area contributed by atoms with Gasteiger partial charge in [0.15, 0.2) is 9.84 Å². The number of carbonyl (C=O) groups is 1. The van der Waals surface area contributed by atoms with Crippen LogP contribution in [0.3, 0.4) is 0 Å². The summed E-state index contributed by atoms with van der Waals surface area (Å²) in [5, 5.41) is 20.7. The van der Waals surface area contributed by atoms with Crippen LogP contribution in [0.2, 0.25) is 0 Å². The number of halogens is 1. The molecule has 1 saturated heterocycles. The van der Waals surface area contributed by atoms with Crippen LogP contribution in [-0.2, 0) is 14.6 Å². The summed E-state index contributed by atoms with van der Waals surface area (Å²) in [4.78, 5) is 25.9. The third-order valence-corrected chi connectivity index (χ3v) is 11.1. The molecule has 1 N–H and O–H groups in total. The van der Waals surface area contributed by atoms with E-state index in [4.69, 9.17) is 4.98 Å². The number of hydrogen-bond acceptors (Lipinski definition) is 9. The van der Waals surface area contributed by atoms with Crippen LogP contribution >= 0.6 is 11.3 Å². The number of aliphatic hydroxyl groups is 1. The molecule has 2 aromatic heterocycles. The number of ketones is 1. The predicted octanol–water partition coefficient (Wildman–Crippen LogP) is 5.39. The Kier molecular flexibility index (Phi) is 8.78. The van der Waals surface area contributed by atoms with E-state index in [1.165, 1.54) is 17.4 Å². The molecule has 11 heteroatoms. The summed E-state index contributed by atoms with van der Waals surface area (Å²) in [6, 6.07) is 13.0. The third kappa shape index (κ3) is 6.72. The fourth-order valence-electron chi connectivity index (χ4n) is 5.85. The standard InChI is InChI=1S/C31H35FN4O4S2/c1-31(2,38)21(18-33)17-27(37)24-5-3-4-6-25(24)28-29(41-30(35-28)26-12-9-22(32)19-34-26)20-7-10-23(11-8-20)36-13-15-42(39,40)16-14-36/h7-12,19,21,24-25,38H,3-6,13-17H2,1-2H3/t21?,24-,25-/m1/s1. The summed E-state index contributed by atoms with van der Waals surface area (Å²) in [5.74, 6) is -1.50. The van der Waals surface area contributed by atoms with Crippen molar-refractivity contribution in [3.05, 3.63) is 54.1 Å². The van der Waals surface area contributed by atoms with Gasteiger partial charge in [-0.1, -0.05) is 25.0 Å². The lowest BCUT2D eigenvalue weighted by atomic mass is 9.72. The van der Waals surface area contributed by atoms with Crippen molar-refractivity contribution in [3.63, 3.8) is 0 Å². The normalized spacial score (nSPS) is 21.5. The summed E-state index contributed by atoms with van der Waals surface area (Å²) in [7, 11) is -2.99. The number of nitriles is 1. The van der Waals surface area contributed by atoms with E-state index >= 15 is 0 Å². The van der Waals surface area contributed by atoms with Crippen LogP contribution in [0.4, 0.5) is 10.1 Å². The van der Waals surface area contributed by atoms with Crippen molar-refractivity contribution >= 4 is 32.6 Å². The number of hydrogen-bond donors (Lipinski definition) is 1. The molecule has 42 heavy (non-hydrogen) atoms. The number of rotatable bonds is 8. The molecular weight excluding hydrogens is 575 g/mol. The highest BCUT2D eigenvalue weighted by Crippen LogP contribution is 2.46. The maximum atomic E-state index is 13.6. The lowest BCUT2D eigenvalue weighted by molar-refractivity contribution is -0.126. The second-order valence-electron chi connectivity index (χ2n) is 11.8. The zero-order chi connectivity index (χ0) is 30.1. The summed E-state index contributed by atoms with van der Waals surface area (Å²) in [5.41, 5.74) is 1.92. The molecule has 222 valence electrons. The minimum absolute atomic E-state index is 0.0206. The molecule has 3 heterocycles. The Hall–Kier alpha value is -3.20. The first-order valence-corrected chi connectivity index (χ1v) is 16.9. The molecule has 1 saturated carbocycles. The Morgan fingerprint density at radius 1 is 1.17 bits per heavy atom. The largest absolute Gasteiger partial charge is 0.389 e. The molecule has 8 nitrogen and oxygen atoms in total. The van der Waals surface area contributed by atoms with E-state index in [2.05, 4.69) is 16.0 Å². The second-order valence-corrected chi connectivity index (χ2v) is 15.1. The molecule has 1 aromatic carbocycles. The van der Waals surface area contributed by atoms with Crippen molar-refractivity contribution in [2.45, 2.75) is 57.5 Å². The molecule has 0 amide bonds. The Morgan fingerprint density at radius 2 is 1.86 bits per heavy atom. The number of benzene rings is 1. The van der Waals surface area contributed by atoms with Gasteiger partial charge in [-0.15, -0.1) is 11.3 Å². The summed E-state index contributed by atoms with van der Waals surface area (Å²) in [6.45, 7) is 4.02. The number of anilines is 1. The Labute approximate surface area is 250 Å². The minimum atomic E-state index is -2.99. The SMILES string of the molecule is CC(C)(O)C(C#N)CC(=O)[C@@H]1CCCC[C@H]1c1nc(-c2ccc(F)cn2)sc1-c1ccc(N2CCS(=O)(=O)CC2)cc1. The van der Waals surface area contributed by atoms with Crippen LogP contribution in [-0.4, -0.2) is 59.5 Å². The minimum Gasteiger partial charge on any atom is -0.389 e. The van der Waals surface area contributed by atoms with E-state index in [0.29, 0.717) is 30.2 Å². The zero-order valence-corrected chi connectivity index (χ0v) is 25.4. The van der Waals surface area contributed by atoms with Gasteiger partial charge in [-0.05, 0) is 56.5 Å². The molecule has 1 unspecified atom stereocenters. The van der Waals surface area contributed by atoms with Gasteiger partial charge in [-0.3, -0.25) is 9.78 Å². The fourth-order valence-corrected chi connectivity index (χ4v) is 8.17. The molecule has 5 rings (SSSR count). The number of nitrogens with zero attached hydrogens (tertiary/aromatic N) is 4. The van der Waals surface area contributed by atoms with Gasteiger partial charge >= 0.3 is 0 Å². The summed E-state index contributed by atoms with van der Waals surface area (Å²) in [6.07, 6.45) is 4.44. The zero-order valence-electron chi connectivity index (χ0n) is 23.8. The first kappa shape index (κ1) is 30.3. The number of aromatic nitrogens is 2. The maximum Gasteiger partial charge on any atom is 0.153 e. The third-order valence-electron chi connectivity index (χ3n) is 8.38. The lowest BCUT2D eigenvalue weighted by Crippen LogP contribution is -2.40. The van der Waals surface area contributed by atoms with Crippen LogP contribution in [0.1, 0.15) is 57.6 Å². The van der Waals surface area contributed by atoms with Crippen LogP contribution in [0.25, 0.3) is 21.1 Å². The van der Waals surface area contributed by atoms with Crippen molar-refractivity contribution in [1.82, 2.24) is 9.97 Å². The van der Waals surface area contributed by atoms with E-state index < -0.39 is 27.2 Å². The van der Waals surface area contributed by atoms with E-state index in [0.717, 1.165) is 47.3 Å². The molecular formula is C31H35FN4O4S2. The molecule has 0 radical (unpaired) electrons. The van der Waals surface area contributed by atoms with Gasteiger partial charge in [0.05, 0.1) is 51.6 Å². The quantitative estimate of drug-likeness (QED) is 0.360. The molecule has 1 aliphatic carbocycles. The van der Waals surface area contributed by atoms with E-state index in [1.54, 1.807) is 19.9 Å². The maximum absolute atomic E-state index is 13.6. The number of thiazole rings is 1. The molecule has 2 aliphatic rings. The molecule has 3 atom stereocenters. The van der Waals surface area contributed by atoms with Crippen molar-refractivity contribution in [2.24, 2.45) is 11.8 Å². The number of Topliss-reactive ketones (excluding diaryl/α,β-unsaturated/α-hetero) is 1. The highest BCUT2D eigenvalue weighted by Gasteiger charge is 2.38. The predicted molar refractivity (Wildman–Crippen MR) is 161 cm³/mol. The van der Waals surface area contributed by atoms with Crippen molar-refractivity contribution in [2.75, 3.05) is 29.5 Å². The van der Waals surface area contributed by atoms with E-state index in [-0.39, 0.29) is 35.5 Å². The van der Waals surface area contributed by atoms with Crippen molar-refractivity contribution in [1.29, 1.82) is 5.26 Å². The van der Waals surface area contributed by atoms with Gasteiger partial charge in [-0.25, -0.2) is 17.8 Å². The van der Waals surface area contributed by atoms with Gasteiger partial charge < -0.3 is 10.0 Å². The lowest BCUT2D eigenvalue weighted by Gasteiger charge is -2.32. The molecule has 0 bridgehead atoms. The Morgan fingerprint density at radius 3 is 2.48 bits per heavy atom. The highest BCUT2D eigenvalue weighted by molar-refractivity contribution is 7.91. The Balaban J connectivity index is 1.50. The van der Waals surface area contributed by atoms with Crippen LogP contribution in [0, 0.1) is 29.0 Å². The van der Waals surface area contributed by atoms with Gasteiger partial charge in [0.25, 0.3) is 0 Å². The molecule has 2 fully saturated rings. The van der Waals surface area contributed by atoms with E-state index in [1.807, 2.05) is 24.3 Å². The smallest absolute Gasteiger partial charge is 0.153 e. The van der Waals surface area contributed by atoms with Crippen LogP contribution in [0.15, 0.2) is 42.6 Å². The molecule has 0 spiro atoms. The fraction of sp³-hybridized carbons (Fsp3) is 0.484. The van der Waals surface area contributed by atoms with Crippen LogP contribution < -0.4 is 4.90 Å². The second kappa shape index (κ2) is 12.2. The summed E-state index contributed by atoms with van der Waals surface area (Å²) < 4.78 is 37.4. The summed E-state index contributed by atoms with van der Waals surface area (Å²) >= 11 is 1.45. The number of pyridine rings is 1. The van der Waals surface area contributed by atoms with Crippen molar-refractivity contribution < 1.29 is 22.7 Å². The number of carbonyl (C=O) groups excluding carboxylic acids is 1. The van der Waals surface area contributed by atoms with Gasteiger partial charge in [0.1, 0.15) is 16.6 Å². The molecule has 1 aliphatic heterocycles. The van der Waals surface area contributed by atoms with Crippen molar-refractivity contribution in [3.8, 4) is 27.2 Å². The average molecular weight is 611 g/mol. The highest BCUT2D eigenvalue weighted by atomic mass is 32.2. The monoisotopic (exact) mass is 610 g/mol. The average Bonchev–Trinajstić information content (AvgIpc) is 3.41. The first-order chi connectivity index (χ1) is 19.9.